The van der Waals surface area contributed by atoms with Gasteiger partial charge in [-0.2, -0.15) is 0 Å². The fraction of sp³-hybridized carbons (Fsp3) is 0. The molecule has 0 radical (unpaired) electrons. The molecule has 4 aromatic rings. The summed E-state index contributed by atoms with van der Waals surface area (Å²) in [5.74, 6) is -3.77. The van der Waals surface area contributed by atoms with Crippen LogP contribution in [0.25, 0.3) is 21.5 Å². The Kier molecular flexibility index (Phi) is 7.97. The van der Waals surface area contributed by atoms with Crippen molar-refractivity contribution in [3.05, 3.63) is 81.8 Å². The largest absolute Gasteiger partial charge is 2.00 e. The number of carbonyl (C=O) groups is 2. The number of hydrogen-bond donors (Lipinski definition) is 2. The van der Waals surface area contributed by atoms with Crippen molar-refractivity contribution in [2.45, 2.75) is 0 Å². The van der Waals surface area contributed by atoms with Gasteiger partial charge in [0, 0.05) is 10.0 Å². The van der Waals surface area contributed by atoms with Gasteiger partial charge in [0.15, 0.2) is 0 Å². The molecular weight excluding hydrogens is 455 g/mol. The zero-order chi connectivity index (χ0) is 22.0. The van der Waals surface area contributed by atoms with Gasteiger partial charge in [0.2, 0.25) is 0 Å². The maximum absolute atomic E-state index is 11.5. The summed E-state index contributed by atoms with van der Waals surface area (Å²) in [7, 11) is 0. The molecule has 0 unspecified atom stereocenters. The Labute approximate surface area is 202 Å². The zero-order valence-electron chi connectivity index (χ0n) is 15.8. The second-order valence-electron chi connectivity index (χ2n) is 6.18. The summed E-state index contributed by atoms with van der Waals surface area (Å²) < 4.78 is 0. The number of halogens is 2. The predicted octanol–water partition coefficient (Wildman–Crippen LogP) is 4.15. The van der Waals surface area contributed by atoms with Crippen LogP contribution in [0.5, 0.6) is 11.5 Å². The Hall–Kier alpha value is -2.71. The van der Waals surface area contributed by atoms with Gasteiger partial charge >= 0.3 is 35.0 Å². The molecule has 0 aromatic heterocycles. The molecule has 152 valence electrons. The maximum atomic E-state index is 11.5. The Morgan fingerprint density at radius 1 is 0.677 bits per heavy atom. The van der Waals surface area contributed by atoms with E-state index in [4.69, 9.17) is 33.4 Å². The molecule has 9 heteroatoms. The molecular formula is C22H12Cl2MgO6. The van der Waals surface area contributed by atoms with Gasteiger partial charge in [0.05, 0.1) is 11.1 Å². The quantitative estimate of drug-likeness (QED) is 0.427. The molecule has 31 heavy (non-hydrogen) atoms. The molecule has 0 aliphatic rings. The number of rotatable bonds is 2. The smallest absolute Gasteiger partial charge is 0.871 e. The fourth-order valence-corrected chi connectivity index (χ4v) is 3.44. The minimum absolute atomic E-state index is 0. The number of hydrogen-bond acceptors (Lipinski definition) is 4. The van der Waals surface area contributed by atoms with Crippen molar-refractivity contribution in [2.75, 3.05) is 0 Å². The Morgan fingerprint density at radius 3 is 1.32 bits per heavy atom. The monoisotopic (exact) mass is 466 g/mol. The van der Waals surface area contributed by atoms with Crippen molar-refractivity contribution in [1.82, 2.24) is 0 Å². The van der Waals surface area contributed by atoms with Gasteiger partial charge in [-0.3, -0.25) is 0 Å². The first-order chi connectivity index (χ1) is 14.2. The number of carboxylic acid groups (broad SMARTS) is 2. The average Bonchev–Trinajstić information content (AvgIpc) is 2.69. The van der Waals surface area contributed by atoms with Crippen LogP contribution in [-0.2, 0) is 0 Å². The number of fused-ring (bicyclic) bond motifs is 2. The molecule has 0 spiro atoms. The third kappa shape index (κ3) is 4.96. The first-order valence-electron chi connectivity index (χ1n) is 8.45. The van der Waals surface area contributed by atoms with E-state index in [1.165, 1.54) is 12.1 Å². The van der Waals surface area contributed by atoms with E-state index in [0.717, 1.165) is 0 Å². The second kappa shape index (κ2) is 10.1. The van der Waals surface area contributed by atoms with Crippen molar-refractivity contribution < 1.29 is 30.0 Å². The Morgan fingerprint density at radius 2 is 1.00 bits per heavy atom. The third-order valence-corrected chi connectivity index (χ3v) is 4.90. The topological polar surface area (TPSA) is 121 Å². The fourth-order valence-electron chi connectivity index (χ4n) is 3.01. The van der Waals surface area contributed by atoms with Gasteiger partial charge in [0.1, 0.15) is 0 Å². The van der Waals surface area contributed by atoms with Crippen LogP contribution < -0.4 is 10.2 Å². The SMILES string of the molecule is O=C(O)c1c([O-])c(Cl)cc2ccccc12.O=C(O)c1c([O-])c(Cl)cc2ccccc12.[Mg+2]. The summed E-state index contributed by atoms with van der Waals surface area (Å²) in [6.45, 7) is 0. The van der Waals surface area contributed by atoms with Crippen LogP contribution in [0.1, 0.15) is 20.7 Å². The molecule has 0 fully saturated rings. The predicted molar refractivity (Wildman–Crippen MR) is 116 cm³/mol. The zero-order valence-corrected chi connectivity index (χ0v) is 18.7. The Balaban J connectivity index is 0.000000213. The van der Waals surface area contributed by atoms with Crippen molar-refractivity contribution in [3.63, 3.8) is 0 Å². The number of benzene rings is 4. The molecule has 0 bridgehead atoms. The van der Waals surface area contributed by atoms with Gasteiger partial charge in [-0.25, -0.2) is 9.59 Å². The van der Waals surface area contributed by atoms with Crippen LogP contribution in [0.15, 0.2) is 60.7 Å². The van der Waals surface area contributed by atoms with E-state index < -0.39 is 23.4 Å². The molecule has 0 heterocycles. The molecule has 0 aliphatic heterocycles. The number of carboxylic acids is 2. The molecule has 0 amide bonds. The van der Waals surface area contributed by atoms with Crippen molar-refractivity contribution >= 4 is 79.7 Å². The van der Waals surface area contributed by atoms with Gasteiger partial charge in [-0.15, -0.1) is 0 Å². The van der Waals surface area contributed by atoms with E-state index in [2.05, 4.69) is 0 Å². The molecule has 6 nitrogen and oxygen atoms in total. The van der Waals surface area contributed by atoms with E-state index in [9.17, 15) is 19.8 Å². The molecule has 4 aromatic carbocycles. The van der Waals surface area contributed by atoms with E-state index in [-0.39, 0.29) is 44.2 Å². The van der Waals surface area contributed by atoms with Crippen molar-refractivity contribution in [1.29, 1.82) is 0 Å². The summed E-state index contributed by atoms with van der Waals surface area (Å²) in [4.78, 5) is 21.9. The maximum Gasteiger partial charge on any atom is 2.00 e. The minimum Gasteiger partial charge on any atom is -0.871 e. The summed E-state index contributed by atoms with van der Waals surface area (Å²) >= 11 is 11.3. The summed E-state index contributed by atoms with van der Waals surface area (Å²) in [5, 5.41) is 42.9. The van der Waals surface area contributed by atoms with Crippen LogP contribution >= 0.6 is 23.2 Å². The van der Waals surface area contributed by atoms with Crippen LogP contribution in [0, 0.1) is 0 Å². The molecule has 0 saturated carbocycles. The van der Waals surface area contributed by atoms with Crippen LogP contribution in [0.4, 0.5) is 0 Å². The average molecular weight is 468 g/mol. The summed E-state index contributed by atoms with van der Waals surface area (Å²) in [5.41, 5.74) is -0.531. The van der Waals surface area contributed by atoms with E-state index >= 15 is 0 Å². The van der Waals surface area contributed by atoms with Crippen molar-refractivity contribution in [3.8, 4) is 11.5 Å². The molecule has 0 aliphatic carbocycles. The molecule has 2 N–H and O–H groups in total. The van der Waals surface area contributed by atoms with E-state index in [0.29, 0.717) is 21.5 Å². The van der Waals surface area contributed by atoms with E-state index in [1.807, 2.05) is 0 Å². The van der Waals surface area contributed by atoms with Gasteiger partial charge in [-0.05, 0) is 33.7 Å². The summed E-state index contributed by atoms with van der Waals surface area (Å²) in [6.07, 6.45) is 0. The van der Waals surface area contributed by atoms with E-state index in [1.54, 1.807) is 48.5 Å². The van der Waals surface area contributed by atoms with Crippen molar-refractivity contribution in [2.24, 2.45) is 0 Å². The minimum atomic E-state index is -1.25. The first-order valence-corrected chi connectivity index (χ1v) is 9.21. The van der Waals surface area contributed by atoms with Crippen LogP contribution in [0.3, 0.4) is 0 Å². The normalized spacial score (nSPS) is 10.1. The van der Waals surface area contributed by atoms with Gasteiger partial charge in [-0.1, -0.05) is 83.2 Å². The third-order valence-electron chi connectivity index (χ3n) is 4.34. The van der Waals surface area contributed by atoms with Crippen LogP contribution in [0.2, 0.25) is 10.0 Å². The second-order valence-corrected chi connectivity index (χ2v) is 6.99. The van der Waals surface area contributed by atoms with Gasteiger partial charge < -0.3 is 20.4 Å². The Bertz CT molecular complexity index is 1210. The van der Waals surface area contributed by atoms with Gasteiger partial charge in [0.25, 0.3) is 0 Å². The molecule has 4 rings (SSSR count). The summed E-state index contributed by atoms with van der Waals surface area (Å²) in [6, 6.07) is 16.5. The first kappa shape index (κ1) is 24.6. The number of aromatic carboxylic acids is 2. The molecule has 0 saturated heterocycles. The van der Waals surface area contributed by atoms with Crippen LogP contribution in [-0.4, -0.2) is 45.2 Å². The molecule has 0 atom stereocenters. The standard InChI is InChI=1S/2C11H7ClO3.Mg/c2*12-8-5-6-3-1-2-4-7(6)9(10(8)13)11(14)15;/h2*1-5,13H,(H,14,15);/q;;+2/p-2.